The van der Waals surface area contributed by atoms with Gasteiger partial charge in [0, 0.05) is 5.56 Å². The van der Waals surface area contributed by atoms with Gasteiger partial charge in [0.2, 0.25) is 0 Å². The van der Waals surface area contributed by atoms with Crippen molar-refractivity contribution >= 4 is 17.7 Å². The Balaban J connectivity index is 2.55. The lowest BCUT2D eigenvalue weighted by molar-refractivity contribution is -0.0951. The van der Waals surface area contributed by atoms with Crippen LogP contribution in [-0.2, 0) is 4.74 Å². The molecule has 0 fully saturated rings. The number of hydrogen-bond acceptors (Lipinski definition) is 5. The highest BCUT2D eigenvalue weighted by Crippen LogP contribution is 2.36. The summed E-state index contributed by atoms with van der Waals surface area (Å²) in [5.41, 5.74) is 4.08. The van der Waals surface area contributed by atoms with Gasteiger partial charge in [-0.15, -0.1) is 0 Å². The van der Waals surface area contributed by atoms with Gasteiger partial charge in [-0.1, -0.05) is 0 Å². The number of rotatable bonds is 2. The highest BCUT2D eigenvalue weighted by atomic mass is 19.4. The van der Waals surface area contributed by atoms with E-state index >= 15 is 0 Å². The lowest BCUT2D eigenvalue weighted by Crippen LogP contribution is -2.33. The van der Waals surface area contributed by atoms with Crippen LogP contribution in [0.25, 0.3) is 6.08 Å². The molecule has 20 heavy (non-hydrogen) atoms. The lowest BCUT2D eigenvalue weighted by atomic mass is 10.0. The number of methoxy groups -OCH3 is 2. The number of alkyl halides is 3. The van der Waals surface area contributed by atoms with E-state index in [9.17, 15) is 18.0 Å². The van der Waals surface area contributed by atoms with Crippen LogP contribution in [0.2, 0.25) is 0 Å². The zero-order chi connectivity index (χ0) is 14.9. The Bertz CT molecular complexity index is 582. The summed E-state index contributed by atoms with van der Waals surface area (Å²) in [7, 11) is 2.53. The lowest BCUT2D eigenvalue weighted by Gasteiger charge is -2.24. The average molecular weight is 288 g/mol. The van der Waals surface area contributed by atoms with E-state index in [0.717, 1.165) is 6.08 Å². The van der Waals surface area contributed by atoms with Gasteiger partial charge in [0.15, 0.2) is 0 Å². The van der Waals surface area contributed by atoms with Crippen molar-refractivity contribution in [1.82, 2.24) is 5.43 Å². The van der Waals surface area contributed by atoms with Gasteiger partial charge in [0.1, 0.15) is 17.1 Å². The molecule has 1 aromatic carbocycles. The first kappa shape index (κ1) is 14.0. The first-order valence-electron chi connectivity index (χ1n) is 5.48. The fraction of sp³-hybridized carbons (Fsp3) is 0.250. The molecule has 1 aliphatic rings. The Labute approximate surface area is 112 Å². The normalized spacial score (nSPS) is 13.6. The van der Waals surface area contributed by atoms with Crippen LogP contribution >= 0.6 is 0 Å². The molecule has 1 aliphatic heterocycles. The van der Waals surface area contributed by atoms with E-state index in [4.69, 9.17) is 4.74 Å². The summed E-state index contributed by atoms with van der Waals surface area (Å²) in [5, 5.41) is 0. The highest BCUT2D eigenvalue weighted by molar-refractivity contribution is 5.93. The number of esters is 1. The number of halogens is 3. The Kier molecular flexibility index (Phi) is 3.47. The van der Waals surface area contributed by atoms with Crippen LogP contribution < -0.4 is 15.6 Å². The molecule has 0 unspecified atom stereocenters. The van der Waals surface area contributed by atoms with Crippen molar-refractivity contribution in [3.63, 3.8) is 0 Å². The van der Waals surface area contributed by atoms with Crippen LogP contribution in [0, 0.1) is 0 Å². The van der Waals surface area contributed by atoms with Gasteiger partial charge in [0.05, 0.1) is 19.8 Å². The minimum atomic E-state index is -4.53. The van der Waals surface area contributed by atoms with Crippen LogP contribution in [0.15, 0.2) is 17.8 Å². The van der Waals surface area contributed by atoms with E-state index in [1.165, 1.54) is 26.4 Å². The Morgan fingerprint density at radius 2 is 1.90 bits per heavy atom. The zero-order valence-electron chi connectivity index (χ0n) is 10.6. The second kappa shape index (κ2) is 4.95. The molecule has 0 aliphatic carbocycles. The first-order chi connectivity index (χ1) is 9.36. The van der Waals surface area contributed by atoms with Gasteiger partial charge >= 0.3 is 12.1 Å². The standard InChI is InChI=1S/C12H11F3N2O3/c1-19-8-4-7(11(18)20-2)3-6-5-9(12(13,14)15)16-17-10(6)8/h3-5,16-17H,1-2H3. The topological polar surface area (TPSA) is 59.6 Å². The quantitative estimate of drug-likeness (QED) is 0.818. The average Bonchev–Trinajstić information content (AvgIpc) is 2.43. The monoisotopic (exact) mass is 288 g/mol. The van der Waals surface area contributed by atoms with Crippen LogP contribution in [0.5, 0.6) is 5.75 Å². The van der Waals surface area contributed by atoms with Gasteiger partial charge in [-0.3, -0.25) is 10.9 Å². The molecule has 0 bridgehead atoms. The van der Waals surface area contributed by atoms with Crippen molar-refractivity contribution in [2.45, 2.75) is 6.18 Å². The van der Waals surface area contributed by atoms with Crippen LogP contribution in [-0.4, -0.2) is 26.4 Å². The number of nitrogens with one attached hydrogen (secondary N) is 2. The van der Waals surface area contributed by atoms with Crippen LogP contribution in [0.1, 0.15) is 15.9 Å². The molecular weight excluding hydrogens is 277 g/mol. The Morgan fingerprint density at radius 1 is 1.20 bits per heavy atom. The molecule has 0 saturated carbocycles. The molecule has 0 saturated heterocycles. The van der Waals surface area contributed by atoms with E-state index in [1.54, 1.807) is 0 Å². The number of anilines is 1. The summed E-state index contributed by atoms with van der Waals surface area (Å²) in [5.74, 6) is -0.431. The third kappa shape index (κ3) is 2.49. The number of carbonyl (C=O) groups is 1. The van der Waals surface area contributed by atoms with Crippen molar-refractivity contribution in [2.24, 2.45) is 0 Å². The van der Waals surface area contributed by atoms with Gasteiger partial charge < -0.3 is 9.47 Å². The maximum atomic E-state index is 12.6. The largest absolute Gasteiger partial charge is 0.494 e. The molecule has 0 amide bonds. The van der Waals surface area contributed by atoms with E-state index in [-0.39, 0.29) is 16.9 Å². The maximum Gasteiger partial charge on any atom is 0.432 e. The molecule has 1 heterocycles. The molecule has 2 N–H and O–H groups in total. The summed E-state index contributed by atoms with van der Waals surface area (Å²) in [6.07, 6.45) is -3.64. The van der Waals surface area contributed by atoms with Gasteiger partial charge in [0.25, 0.3) is 0 Å². The number of carbonyl (C=O) groups excluding carboxylic acids is 1. The Morgan fingerprint density at radius 3 is 2.45 bits per heavy atom. The number of ether oxygens (including phenoxy) is 2. The number of benzene rings is 1. The molecule has 0 radical (unpaired) electrons. The SMILES string of the molecule is COC(=O)c1cc2c(c(OC)c1)NNC(C(F)(F)F)=C2. The maximum absolute atomic E-state index is 12.6. The van der Waals surface area contributed by atoms with Crippen LogP contribution in [0.4, 0.5) is 18.9 Å². The van der Waals surface area contributed by atoms with Crippen molar-refractivity contribution < 1.29 is 27.4 Å². The van der Waals surface area contributed by atoms with Crippen molar-refractivity contribution in [1.29, 1.82) is 0 Å². The molecule has 0 aromatic heterocycles. The molecule has 108 valence electrons. The molecule has 5 nitrogen and oxygen atoms in total. The van der Waals surface area contributed by atoms with E-state index in [1.807, 2.05) is 5.43 Å². The van der Waals surface area contributed by atoms with Crippen molar-refractivity contribution in [3.05, 3.63) is 29.0 Å². The predicted octanol–water partition coefficient (Wildman–Crippen LogP) is 2.32. The van der Waals surface area contributed by atoms with E-state index in [0.29, 0.717) is 5.69 Å². The van der Waals surface area contributed by atoms with Crippen molar-refractivity contribution in [2.75, 3.05) is 19.6 Å². The zero-order valence-corrected chi connectivity index (χ0v) is 10.6. The highest BCUT2D eigenvalue weighted by Gasteiger charge is 2.36. The van der Waals surface area contributed by atoms with E-state index < -0.39 is 17.8 Å². The molecule has 0 spiro atoms. The van der Waals surface area contributed by atoms with Gasteiger partial charge in [-0.2, -0.15) is 13.2 Å². The van der Waals surface area contributed by atoms with E-state index in [2.05, 4.69) is 10.2 Å². The van der Waals surface area contributed by atoms with Gasteiger partial charge in [-0.25, -0.2) is 4.79 Å². The fourth-order valence-corrected chi connectivity index (χ4v) is 1.76. The molecular formula is C12H11F3N2O3. The third-order valence-electron chi connectivity index (χ3n) is 2.70. The Hall–Kier alpha value is -2.38. The third-order valence-corrected chi connectivity index (χ3v) is 2.70. The predicted molar refractivity (Wildman–Crippen MR) is 65.1 cm³/mol. The smallest absolute Gasteiger partial charge is 0.432 e. The molecule has 8 heteroatoms. The fourth-order valence-electron chi connectivity index (χ4n) is 1.76. The van der Waals surface area contributed by atoms with Gasteiger partial charge in [-0.05, 0) is 18.2 Å². The minimum Gasteiger partial charge on any atom is -0.494 e. The summed E-state index contributed by atoms with van der Waals surface area (Å²) < 4.78 is 47.5. The summed E-state index contributed by atoms with van der Waals surface area (Å²) in [6.45, 7) is 0. The summed E-state index contributed by atoms with van der Waals surface area (Å²) >= 11 is 0. The second-order valence-electron chi connectivity index (χ2n) is 3.94. The number of hydrogen-bond donors (Lipinski definition) is 2. The number of hydrazine groups is 1. The molecule has 1 aromatic rings. The molecule has 0 atom stereocenters. The second-order valence-corrected chi connectivity index (χ2v) is 3.94. The first-order valence-corrected chi connectivity index (χ1v) is 5.48. The number of fused-ring (bicyclic) bond motifs is 1. The van der Waals surface area contributed by atoms with Crippen molar-refractivity contribution in [3.8, 4) is 5.75 Å². The minimum absolute atomic E-state index is 0.101. The summed E-state index contributed by atoms with van der Waals surface area (Å²) in [6, 6.07) is 2.68. The summed E-state index contributed by atoms with van der Waals surface area (Å²) in [4.78, 5) is 11.5. The number of allylic oxidation sites excluding steroid dienone is 1. The van der Waals surface area contributed by atoms with Crippen LogP contribution in [0.3, 0.4) is 0 Å². The molecule has 2 rings (SSSR count).